The summed E-state index contributed by atoms with van der Waals surface area (Å²) in [7, 11) is 4.60. The van der Waals surface area contributed by atoms with Gasteiger partial charge in [-0.05, 0) is 55.4 Å². The van der Waals surface area contributed by atoms with E-state index in [1.165, 1.54) is 21.3 Å². The molecule has 1 heterocycles. The van der Waals surface area contributed by atoms with Crippen LogP contribution in [0.25, 0.3) is 6.08 Å². The van der Waals surface area contributed by atoms with Crippen LogP contribution in [-0.2, 0) is 6.54 Å². The third kappa shape index (κ3) is 4.18. The lowest BCUT2D eigenvalue weighted by molar-refractivity contribution is 0.101. The molecule has 1 aliphatic heterocycles. The molecule has 0 fully saturated rings. The van der Waals surface area contributed by atoms with E-state index in [4.69, 9.17) is 18.9 Å². The number of rotatable bonds is 8. The molecule has 31 heavy (non-hydrogen) atoms. The quantitative estimate of drug-likeness (QED) is 0.633. The fraction of sp³-hybridized carbons (Fsp3) is 0.375. The minimum absolute atomic E-state index is 0.130. The van der Waals surface area contributed by atoms with Crippen LogP contribution in [0.2, 0.25) is 0 Å². The molecule has 0 bridgehead atoms. The number of ether oxygens (including phenoxy) is 4. The molecule has 1 N–H and O–H groups in total. The van der Waals surface area contributed by atoms with Crippen LogP contribution in [-0.4, -0.2) is 50.2 Å². The fourth-order valence-corrected chi connectivity index (χ4v) is 3.74. The maximum Gasteiger partial charge on any atom is 0.232 e. The Morgan fingerprint density at radius 1 is 1.03 bits per heavy atom. The smallest absolute Gasteiger partial charge is 0.232 e. The largest absolute Gasteiger partial charge is 0.507 e. The van der Waals surface area contributed by atoms with E-state index < -0.39 is 0 Å². The van der Waals surface area contributed by atoms with Gasteiger partial charge in [0.2, 0.25) is 11.5 Å². The number of phenolic OH excluding ortho intramolecular Hbond substituents is 1. The first-order chi connectivity index (χ1) is 14.9. The molecule has 7 heteroatoms. The van der Waals surface area contributed by atoms with Gasteiger partial charge in [-0.25, -0.2) is 0 Å². The van der Waals surface area contributed by atoms with E-state index in [0.717, 1.165) is 13.1 Å². The highest BCUT2D eigenvalue weighted by molar-refractivity contribution is 6.16. The number of fused-ring (bicyclic) bond motifs is 1. The molecule has 0 radical (unpaired) electrons. The van der Waals surface area contributed by atoms with E-state index >= 15 is 0 Å². The Labute approximate surface area is 182 Å². The topological polar surface area (TPSA) is 77.5 Å². The molecular weight excluding hydrogens is 398 g/mol. The molecule has 0 amide bonds. The Balaban J connectivity index is 2.07. The molecular formula is C24H29NO6. The van der Waals surface area contributed by atoms with Crippen LogP contribution in [0.1, 0.15) is 40.9 Å². The zero-order chi connectivity index (χ0) is 22.7. The van der Waals surface area contributed by atoms with Crippen LogP contribution in [0, 0.1) is 6.92 Å². The monoisotopic (exact) mass is 427 g/mol. The fourth-order valence-electron chi connectivity index (χ4n) is 3.74. The first-order valence-corrected chi connectivity index (χ1v) is 10.2. The van der Waals surface area contributed by atoms with Crippen LogP contribution in [0.15, 0.2) is 24.0 Å². The van der Waals surface area contributed by atoms with Crippen molar-refractivity contribution in [1.29, 1.82) is 0 Å². The van der Waals surface area contributed by atoms with Gasteiger partial charge in [-0.2, -0.15) is 0 Å². The van der Waals surface area contributed by atoms with E-state index in [2.05, 4.69) is 18.7 Å². The van der Waals surface area contributed by atoms with Crippen LogP contribution >= 0.6 is 0 Å². The van der Waals surface area contributed by atoms with Crippen molar-refractivity contribution in [2.45, 2.75) is 27.3 Å². The first-order valence-electron chi connectivity index (χ1n) is 10.2. The average molecular weight is 427 g/mol. The number of Topliss-reactive ketones (excluding diaryl/α,β-unsaturated/α-hetero) is 1. The summed E-state index contributed by atoms with van der Waals surface area (Å²) in [5.74, 6) is 1.94. The van der Waals surface area contributed by atoms with E-state index in [1.807, 2.05) is 0 Å². The zero-order valence-corrected chi connectivity index (χ0v) is 18.9. The van der Waals surface area contributed by atoms with Crippen LogP contribution in [0.3, 0.4) is 0 Å². The summed E-state index contributed by atoms with van der Waals surface area (Å²) in [4.78, 5) is 15.3. The average Bonchev–Trinajstić information content (AvgIpc) is 3.09. The van der Waals surface area contributed by atoms with E-state index in [0.29, 0.717) is 51.8 Å². The molecule has 7 nitrogen and oxygen atoms in total. The number of aryl methyl sites for hydroxylation is 1. The minimum atomic E-state index is -0.220. The summed E-state index contributed by atoms with van der Waals surface area (Å²) in [6, 6.07) is 5.12. The van der Waals surface area contributed by atoms with Crippen LogP contribution < -0.4 is 18.9 Å². The minimum Gasteiger partial charge on any atom is -0.507 e. The summed E-state index contributed by atoms with van der Waals surface area (Å²) >= 11 is 0. The second-order valence-corrected chi connectivity index (χ2v) is 7.26. The van der Waals surface area contributed by atoms with Crippen molar-refractivity contribution in [3.05, 3.63) is 46.2 Å². The maximum absolute atomic E-state index is 13.2. The van der Waals surface area contributed by atoms with Gasteiger partial charge in [-0.3, -0.25) is 9.69 Å². The molecule has 0 saturated heterocycles. The van der Waals surface area contributed by atoms with E-state index in [9.17, 15) is 9.90 Å². The van der Waals surface area contributed by atoms with Crippen molar-refractivity contribution >= 4 is 11.9 Å². The van der Waals surface area contributed by atoms with Crippen molar-refractivity contribution in [3.63, 3.8) is 0 Å². The van der Waals surface area contributed by atoms with Gasteiger partial charge < -0.3 is 24.1 Å². The third-order valence-corrected chi connectivity index (χ3v) is 5.48. The number of carbonyl (C=O) groups excluding carboxylic acids is 1. The molecule has 3 rings (SSSR count). The number of methoxy groups -OCH3 is 3. The molecule has 0 atom stereocenters. The predicted molar refractivity (Wildman–Crippen MR) is 119 cm³/mol. The highest BCUT2D eigenvalue weighted by Crippen LogP contribution is 2.43. The number of nitrogens with zero attached hydrogens (tertiary/aromatic N) is 1. The molecule has 2 aromatic rings. The van der Waals surface area contributed by atoms with Gasteiger partial charge in [-0.15, -0.1) is 0 Å². The van der Waals surface area contributed by atoms with Crippen molar-refractivity contribution in [1.82, 2.24) is 4.90 Å². The lowest BCUT2D eigenvalue weighted by Crippen LogP contribution is -2.22. The number of hydrogen-bond acceptors (Lipinski definition) is 7. The Kier molecular flexibility index (Phi) is 6.75. The van der Waals surface area contributed by atoms with Crippen molar-refractivity contribution in [3.8, 4) is 28.7 Å². The Morgan fingerprint density at radius 2 is 1.65 bits per heavy atom. The normalized spacial score (nSPS) is 14.0. The van der Waals surface area contributed by atoms with Gasteiger partial charge in [0.05, 0.1) is 32.5 Å². The number of hydrogen-bond donors (Lipinski definition) is 1. The van der Waals surface area contributed by atoms with E-state index in [-0.39, 0.29) is 17.3 Å². The van der Waals surface area contributed by atoms with Crippen molar-refractivity contribution < 1.29 is 28.8 Å². The molecule has 0 unspecified atom stereocenters. The van der Waals surface area contributed by atoms with Gasteiger partial charge in [0.1, 0.15) is 11.5 Å². The van der Waals surface area contributed by atoms with Gasteiger partial charge >= 0.3 is 0 Å². The second kappa shape index (κ2) is 9.31. The molecule has 166 valence electrons. The molecule has 0 aliphatic carbocycles. The Hall–Kier alpha value is -3.19. The first kappa shape index (κ1) is 22.5. The zero-order valence-electron chi connectivity index (χ0n) is 18.9. The van der Waals surface area contributed by atoms with Crippen molar-refractivity contribution in [2.75, 3.05) is 34.4 Å². The summed E-state index contributed by atoms with van der Waals surface area (Å²) < 4.78 is 22.2. The predicted octanol–water partition coefficient (Wildman–Crippen LogP) is 4.18. The van der Waals surface area contributed by atoms with Gasteiger partial charge in [0.25, 0.3) is 0 Å². The van der Waals surface area contributed by atoms with Gasteiger partial charge in [0.15, 0.2) is 17.3 Å². The highest BCUT2D eigenvalue weighted by atomic mass is 16.5. The number of phenols is 1. The lowest BCUT2D eigenvalue weighted by atomic mass is 9.99. The Bertz CT molecular complexity index is 998. The molecule has 1 aliphatic rings. The summed E-state index contributed by atoms with van der Waals surface area (Å²) in [6.07, 6.45) is 1.64. The number of ketones is 1. The molecule has 0 aromatic heterocycles. The van der Waals surface area contributed by atoms with Crippen LogP contribution in [0.5, 0.6) is 28.7 Å². The lowest BCUT2D eigenvalue weighted by Gasteiger charge is -2.20. The standard InChI is InChI=1S/C24H29NO6/c1-7-25(8-2)13-16-17(26)9-14(3)21-22(27)18(31-23(16)21)10-15-11-19(28-4)24(30-6)20(12-15)29-5/h9-12,26H,7-8,13H2,1-6H3/b18-10-. The summed E-state index contributed by atoms with van der Waals surface area (Å²) in [6.45, 7) is 8.03. The van der Waals surface area contributed by atoms with Crippen molar-refractivity contribution in [2.24, 2.45) is 0 Å². The second-order valence-electron chi connectivity index (χ2n) is 7.26. The Morgan fingerprint density at radius 3 is 2.16 bits per heavy atom. The SMILES string of the molecule is CCN(CC)Cc1c(O)cc(C)c2c1O/C(=C\c1cc(OC)c(OC)c(OC)c1)C2=O. The maximum atomic E-state index is 13.2. The molecule has 2 aromatic carbocycles. The third-order valence-electron chi connectivity index (χ3n) is 5.48. The summed E-state index contributed by atoms with van der Waals surface area (Å²) in [5.41, 5.74) is 2.44. The highest BCUT2D eigenvalue weighted by Gasteiger charge is 2.33. The number of allylic oxidation sites excluding steroid dienone is 1. The van der Waals surface area contributed by atoms with Gasteiger partial charge in [0, 0.05) is 6.54 Å². The number of carbonyl (C=O) groups is 1. The van der Waals surface area contributed by atoms with E-state index in [1.54, 1.807) is 31.2 Å². The van der Waals surface area contributed by atoms with Gasteiger partial charge in [-0.1, -0.05) is 13.8 Å². The number of benzene rings is 2. The number of aromatic hydroxyl groups is 1. The van der Waals surface area contributed by atoms with Crippen LogP contribution in [0.4, 0.5) is 0 Å². The molecule has 0 spiro atoms. The summed E-state index contributed by atoms with van der Waals surface area (Å²) in [5, 5.41) is 10.6. The molecule has 0 saturated carbocycles.